The summed E-state index contributed by atoms with van der Waals surface area (Å²) in [6, 6.07) is -0.332. The number of nitrogens with one attached hydrogen (secondary N) is 1. The quantitative estimate of drug-likeness (QED) is 0.803. The zero-order chi connectivity index (χ0) is 15.2. The molecule has 0 spiro atoms. The molecule has 8 heteroatoms. The Kier molecular flexibility index (Phi) is 6.54. The van der Waals surface area contributed by atoms with E-state index in [-0.39, 0.29) is 12.6 Å². The number of likely N-dealkylation sites (tertiary alicyclic amines) is 1. The van der Waals surface area contributed by atoms with Gasteiger partial charge in [-0.2, -0.15) is 13.2 Å². The monoisotopic (exact) mass is 297 g/mol. The van der Waals surface area contributed by atoms with Crippen LogP contribution in [-0.4, -0.2) is 56.0 Å². The molecule has 118 valence electrons. The summed E-state index contributed by atoms with van der Waals surface area (Å²) in [7, 11) is 0. The van der Waals surface area contributed by atoms with Crippen LogP contribution in [0.15, 0.2) is 0 Å². The number of hydrogen-bond acceptors (Lipinski definition) is 4. The number of rotatable bonds is 5. The fourth-order valence-corrected chi connectivity index (χ4v) is 2.59. The summed E-state index contributed by atoms with van der Waals surface area (Å²) in [5.41, 5.74) is 5.45. The first kappa shape index (κ1) is 17.0. The highest BCUT2D eigenvalue weighted by molar-refractivity contribution is 5.67. The molecular weight excluding hydrogens is 275 g/mol. The molecular formula is C12H22F3N3O2. The number of carbonyl (C=O) groups excluding carboxylic acids is 1. The number of amides is 1. The van der Waals surface area contributed by atoms with Crippen LogP contribution in [0.3, 0.4) is 0 Å². The Bertz CT molecular complexity index is 313. The van der Waals surface area contributed by atoms with Crippen molar-refractivity contribution in [2.75, 3.05) is 32.8 Å². The minimum absolute atomic E-state index is 0.233. The molecule has 0 aromatic heterocycles. The molecule has 0 bridgehead atoms. The third kappa shape index (κ3) is 6.42. The molecule has 2 atom stereocenters. The Balaban J connectivity index is 2.58. The van der Waals surface area contributed by atoms with Crippen molar-refractivity contribution in [2.24, 2.45) is 11.7 Å². The third-order valence-corrected chi connectivity index (χ3v) is 3.18. The molecule has 20 heavy (non-hydrogen) atoms. The summed E-state index contributed by atoms with van der Waals surface area (Å²) in [6.45, 7) is 3.67. The van der Waals surface area contributed by atoms with Gasteiger partial charge in [0.2, 0.25) is 0 Å². The smallest absolute Gasteiger partial charge is 0.407 e. The summed E-state index contributed by atoms with van der Waals surface area (Å²) in [4.78, 5) is 13.2. The first-order valence-electron chi connectivity index (χ1n) is 6.76. The van der Waals surface area contributed by atoms with Gasteiger partial charge in [0.25, 0.3) is 0 Å². The summed E-state index contributed by atoms with van der Waals surface area (Å²) in [5, 5.41) is 2.61. The van der Waals surface area contributed by atoms with Gasteiger partial charge >= 0.3 is 12.3 Å². The fourth-order valence-electron chi connectivity index (χ4n) is 2.59. The largest absolute Gasteiger partial charge is 0.450 e. The number of hydrogen-bond donors (Lipinski definition) is 2. The van der Waals surface area contributed by atoms with Crippen molar-refractivity contribution in [1.29, 1.82) is 0 Å². The number of ether oxygens (including phenoxy) is 1. The summed E-state index contributed by atoms with van der Waals surface area (Å²) >= 11 is 0. The van der Waals surface area contributed by atoms with Gasteiger partial charge in [0.1, 0.15) is 0 Å². The van der Waals surface area contributed by atoms with Crippen LogP contribution in [0.2, 0.25) is 0 Å². The molecule has 1 saturated heterocycles. The van der Waals surface area contributed by atoms with E-state index in [1.165, 1.54) is 0 Å². The highest BCUT2D eigenvalue weighted by Gasteiger charge is 2.36. The van der Waals surface area contributed by atoms with Gasteiger partial charge in [-0.3, -0.25) is 4.90 Å². The Hall–Kier alpha value is -1.02. The van der Waals surface area contributed by atoms with Gasteiger partial charge in [0.05, 0.1) is 6.61 Å². The van der Waals surface area contributed by atoms with Gasteiger partial charge < -0.3 is 15.8 Å². The number of nitrogens with two attached hydrogens (primary N) is 1. The van der Waals surface area contributed by atoms with Crippen LogP contribution in [-0.2, 0) is 4.74 Å². The molecule has 1 amide bonds. The minimum Gasteiger partial charge on any atom is -0.450 e. The minimum atomic E-state index is -4.19. The van der Waals surface area contributed by atoms with Crippen molar-refractivity contribution >= 4 is 6.09 Å². The summed E-state index contributed by atoms with van der Waals surface area (Å²) < 4.78 is 42.3. The van der Waals surface area contributed by atoms with Crippen molar-refractivity contribution < 1.29 is 22.7 Å². The number of piperidine rings is 1. The van der Waals surface area contributed by atoms with Crippen LogP contribution in [0.25, 0.3) is 0 Å². The van der Waals surface area contributed by atoms with Crippen LogP contribution in [0.1, 0.15) is 19.8 Å². The maximum absolute atomic E-state index is 12.5. The van der Waals surface area contributed by atoms with E-state index in [0.29, 0.717) is 32.6 Å². The lowest BCUT2D eigenvalue weighted by molar-refractivity contribution is -0.148. The number of alkyl halides is 3. The predicted molar refractivity (Wildman–Crippen MR) is 68.2 cm³/mol. The molecule has 0 radical (unpaired) electrons. The van der Waals surface area contributed by atoms with Crippen LogP contribution < -0.4 is 11.1 Å². The lowest BCUT2D eigenvalue weighted by Crippen LogP contribution is -2.52. The Labute approximate surface area is 116 Å². The summed E-state index contributed by atoms with van der Waals surface area (Å²) in [5.74, 6) is -0.526. The van der Waals surface area contributed by atoms with Crippen molar-refractivity contribution in [3.05, 3.63) is 0 Å². The van der Waals surface area contributed by atoms with Gasteiger partial charge in [0, 0.05) is 38.6 Å². The van der Waals surface area contributed by atoms with E-state index in [4.69, 9.17) is 10.5 Å². The van der Waals surface area contributed by atoms with Crippen LogP contribution >= 0.6 is 0 Å². The Morgan fingerprint density at radius 1 is 1.45 bits per heavy atom. The van der Waals surface area contributed by atoms with Gasteiger partial charge in [-0.1, -0.05) is 0 Å². The maximum Gasteiger partial charge on any atom is 0.407 e. The van der Waals surface area contributed by atoms with Gasteiger partial charge in [-0.15, -0.1) is 0 Å². The molecule has 1 fully saturated rings. The number of carbonyl (C=O) groups is 1. The molecule has 0 aliphatic carbocycles. The van der Waals surface area contributed by atoms with E-state index in [1.54, 1.807) is 6.92 Å². The molecule has 1 aliphatic heterocycles. The fraction of sp³-hybridized carbons (Fsp3) is 0.917. The second-order valence-corrected chi connectivity index (χ2v) is 5.03. The molecule has 1 rings (SSSR count). The normalized spacial score (nSPS) is 24.4. The predicted octanol–water partition coefficient (Wildman–Crippen LogP) is 1.33. The van der Waals surface area contributed by atoms with Gasteiger partial charge in [-0.05, 0) is 19.3 Å². The first-order chi connectivity index (χ1) is 9.34. The number of halogens is 3. The molecule has 2 unspecified atom stereocenters. The first-order valence-corrected chi connectivity index (χ1v) is 6.76. The second-order valence-electron chi connectivity index (χ2n) is 5.03. The number of nitrogens with zero attached hydrogens (tertiary/aromatic N) is 1. The lowest BCUT2D eigenvalue weighted by atomic mass is 9.91. The highest BCUT2D eigenvalue weighted by Crippen LogP contribution is 2.30. The molecule has 0 aromatic carbocycles. The zero-order valence-electron chi connectivity index (χ0n) is 11.6. The molecule has 0 aromatic rings. The second kappa shape index (κ2) is 7.68. The third-order valence-electron chi connectivity index (χ3n) is 3.18. The molecule has 1 aliphatic rings. The molecule has 0 saturated carbocycles. The van der Waals surface area contributed by atoms with Gasteiger partial charge in [-0.25, -0.2) is 4.79 Å². The molecule has 3 N–H and O–H groups in total. The Morgan fingerprint density at radius 2 is 2.15 bits per heavy atom. The number of alkyl carbamates (subject to hydrolysis) is 1. The topological polar surface area (TPSA) is 67.6 Å². The standard InChI is InChI=1S/C12H22F3N3O2/c1-2-20-11(19)17-10-5-9(6-12(13,14)15)7-18(8-10)4-3-16/h9-10H,2-8,16H2,1H3,(H,17,19). The van der Waals surface area contributed by atoms with E-state index in [1.807, 2.05) is 4.90 Å². The molecule has 5 nitrogen and oxygen atoms in total. The highest BCUT2D eigenvalue weighted by atomic mass is 19.4. The average molecular weight is 297 g/mol. The maximum atomic E-state index is 12.5. The van der Waals surface area contributed by atoms with Crippen LogP contribution in [0.5, 0.6) is 0 Å². The van der Waals surface area contributed by atoms with Gasteiger partial charge in [0.15, 0.2) is 0 Å². The van der Waals surface area contributed by atoms with Crippen molar-refractivity contribution in [2.45, 2.75) is 32.0 Å². The van der Waals surface area contributed by atoms with E-state index in [2.05, 4.69) is 5.32 Å². The van der Waals surface area contributed by atoms with Crippen molar-refractivity contribution in [1.82, 2.24) is 10.2 Å². The molecule has 1 heterocycles. The van der Waals surface area contributed by atoms with E-state index in [9.17, 15) is 18.0 Å². The van der Waals surface area contributed by atoms with Crippen LogP contribution in [0.4, 0.5) is 18.0 Å². The SMILES string of the molecule is CCOC(=O)NC1CC(CC(F)(F)F)CN(CCN)C1. The van der Waals surface area contributed by atoms with Crippen molar-refractivity contribution in [3.8, 4) is 0 Å². The van der Waals surface area contributed by atoms with Crippen LogP contribution in [0, 0.1) is 5.92 Å². The van der Waals surface area contributed by atoms with E-state index < -0.39 is 24.6 Å². The van der Waals surface area contributed by atoms with Crippen molar-refractivity contribution in [3.63, 3.8) is 0 Å². The Morgan fingerprint density at radius 3 is 2.70 bits per heavy atom. The zero-order valence-corrected chi connectivity index (χ0v) is 11.6. The average Bonchev–Trinajstić information content (AvgIpc) is 2.26. The lowest BCUT2D eigenvalue weighted by Gasteiger charge is -2.38. The van der Waals surface area contributed by atoms with E-state index >= 15 is 0 Å². The van der Waals surface area contributed by atoms with E-state index in [0.717, 1.165) is 0 Å². The summed E-state index contributed by atoms with van der Waals surface area (Å²) in [6.07, 6.45) is -5.31.